The molecule has 0 amide bonds. The predicted molar refractivity (Wildman–Crippen MR) is 34.4 cm³/mol. The Morgan fingerprint density at radius 1 is 1.50 bits per heavy atom. The Morgan fingerprint density at radius 3 is 2.42 bits per heavy atom. The van der Waals surface area contributed by atoms with E-state index in [1.54, 1.807) is 0 Å². The van der Waals surface area contributed by atoms with E-state index in [1.807, 2.05) is 0 Å². The number of aliphatic hydroxyl groups is 1. The van der Waals surface area contributed by atoms with E-state index in [0.717, 1.165) is 0 Å². The Kier molecular flexibility index (Phi) is 2.14. The zero-order chi connectivity index (χ0) is 9.35. The van der Waals surface area contributed by atoms with Gasteiger partial charge in [0, 0.05) is 5.56 Å². The maximum absolute atomic E-state index is 12.0. The summed E-state index contributed by atoms with van der Waals surface area (Å²) in [7, 11) is 0. The minimum absolute atomic E-state index is 0.145. The van der Waals surface area contributed by atoms with Crippen molar-refractivity contribution in [3.63, 3.8) is 0 Å². The van der Waals surface area contributed by atoms with Crippen LogP contribution in [-0.4, -0.2) is 5.11 Å². The molecule has 0 bridgehead atoms. The molecule has 1 N–H and O–H groups in total. The molecule has 0 saturated carbocycles. The van der Waals surface area contributed by atoms with Gasteiger partial charge in [0.25, 0.3) is 0 Å². The summed E-state index contributed by atoms with van der Waals surface area (Å²) in [6, 6.07) is 1.17. The first kappa shape index (κ1) is 9.12. The van der Waals surface area contributed by atoms with Gasteiger partial charge in [0.1, 0.15) is 5.76 Å². The number of alkyl halides is 3. The largest absolute Gasteiger partial charge is 0.456 e. The van der Waals surface area contributed by atoms with Crippen molar-refractivity contribution in [3.8, 4) is 0 Å². The van der Waals surface area contributed by atoms with E-state index in [0.29, 0.717) is 0 Å². The third-order valence-corrected chi connectivity index (χ3v) is 1.36. The number of aliphatic hydroxyl groups excluding tert-OH is 1. The summed E-state index contributed by atoms with van der Waals surface area (Å²) in [6.07, 6.45) is -4.52. The molecule has 1 heterocycles. The van der Waals surface area contributed by atoms with Gasteiger partial charge < -0.3 is 9.52 Å². The van der Waals surface area contributed by atoms with Crippen molar-refractivity contribution < 1.29 is 22.7 Å². The molecule has 0 radical (unpaired) electrons. The third kappa shape index (κ3) is 1.61. The summed E-state index contributed by atoms with van der Waals surface area (Å²) >= 11 is 0. The molecular formula is C7H7F3O2. The van der Waals surface area contributed by atoms with Crippen LogP contribution in [0.5, 0.6) is 0 Å². The van der Waals surface area contributed by atoms with Crippen LogP contribution < -0.4 is 0 Å². The number of furan rings is 1. The highest BCUT2D eigenvalue weighted by Gasteiger charge is 2.37. The molecule has 5 heteroatoms. The Bertz CT molecular complexity index is 275. The van der Waals surface area contributed by atoms with Crippen LogP contribution in [0.25, 0.3) is 0 Å². The zero-order valence-corrected chi connectivity index (χ0v) is 6.27. The van der Waals surface area contributed by atoms with Gasteiger partial charge in [-0.2, -0.15) is 13.2 Å². The highest BCUT2D eigenvalue weighted by atomic mass is 19.4. The highest BCUT2D eigenvalue weighted by Crippen LogP contribution is 2.33. The lowest BCUT2D eigenvalue weighted by atomic mass is 10.2. The summed E-state index contributed by atoms with van der Waals surface area (Å²) in [6.45, 7) is 0.737. The van der Waals surface area contributed by atoms with Gasteiger partial charge >= 0.3 is 6.18 Å². The first-order valence-corrected chi connectivity index (χ1v) is 3.22. The van der Waals surface area contributed by atoms with Crippen LogP contribution in [0.4, 0.5) is 13.2 Å². The smallest absolute Gasteiger partial charge is 0.449 e. The van der Waals surface area contributed by atoms with Gasteiger partial charge in [-0.15, -0.1) is 0 Å². The second-order valence-electron chi connectivity index (χ2n) is 2.37. The Labute approximate surface area is 66.6 Å². The molecule has 68 valence electrons. The molecule has 0 fully saturated rings. The lowest BCUT2D eigenvalue weighted by Gasteiger charge is -2.03. The quantitative estimate of drug-likeness (QED) is 0.717. The summed E-state index contributed by atoms with van der Waals surface area (Å²) in [5, 5.41) is 8.54. The maximum atomic E-state index is 12.0. The molecule has 0 saturated heterocycles. The van der Waals surface area contributed by atoms with Crippen molar-refractivity contribution in [2.75, 3.05) is 0 Å². The van der Waals surface area contributed by atoms with Crippen LogP contribution in [0, 0.1) is 6.92 Å². The van der Waals surface area contributed by atoms with Crippen molar-refractivity contribution in [3.05, 3.63) is 23.2 Å². The normalized spacial score (nSPS) is 12.1. The van der Waals surface area contributed by atoms with Crippen LogP contribution in [-0.2, 0) is 12.8 Å². The summed E-state index contributed by atoms with van der Waals surface area (Å²) in [5.74, 6) is -0.964. The van der Waals surface area contributed by atoms with E-state index in [9.17, 15) is 13.2 Å². The minimum atomic E-state index is -4.52. The van der Waals surface area contributed by atoms with E-state index < -0.39 is 18.5 Å². The Morgan fingerprint density at radius 2 is 2.08 bits per heavy atom. The lowest BCUT2D eigenvalue weighted by molar-refractivity contribution is -0.154. The first-order valence-electron chi connectivity index (χ1n) is 3.22. The topological polar surface area (TPSA) is 33.4 Å². The Balaban J connectivity index is 3.13. The van der Waals surface area contributed by atoms with Crippen LogP contribution in [0.1, 0.15) is 17.1 Å². The number of hydrogen-bond donors (Lipinski definition) is 1. The molecule has 0 atom stereocenters. The number of rotatable bonds is 1. The van der Waals surface area contributed by atoms with E-state index in [1.165, 1.54) is 13.0 Å². The van der Waals surface area contributed by atoms with Gasteiger partial charge in [0.2, 0.25) is 5.76 Å². The SMILES string of the molecule is Cc1cc(CO)c(C(F)(F)F)o1. The second-order valence-corrected chi connectivity index (χ2v) is 2.37. The van der Waals surface area contributed by atoms with Crippen molar-refractivity contribution in [2.24, 2.45) is 0 Å². The van der Waals surface area contributed by atoms with Crippen molar-refractivity contribution in [2.45, 2.75) is 19.7 Å². The molecule has 0 aliphatic carbocycles. The fraction of sp³-hybridized carbons (Fsp3) is 0.429. The molecular weight excluding hydrogens is 173 g/mol. The summed E-state index contributed by atoms with van der Waals surface area (Å²) in [5.41, 5.74) is -0.222. The third-order valence-electron chi connectivity index (χ3n) is 1.36. The van der Waals surface area contributed by atoms with Gasteiger partial charge in [-0.05, 0) is 13.0 Å². The fourth-order valence-electron chi connectivity index (χ4n) is 0.924. The van der Waals surface area contributed by atoms with Crippen LogP contribution in [0.3, 0.4) is 0 Å². The van der Waals surface area contributed by atoms with Gasteiger partial charge in [0.15, 0.2) is 0 Å². The van der Waals surface area contributed by atoms with Gasteiger partial charge in [-0.25, -0.2) is 0 Å². The molecule has 12 heavy (non-hydrogen) atoms. The number of hydrogen-bond acceptors (Lipinski definition) is 2. The standard InChI is InChI=1S/C7H7F3O2/c1-4-2-5(3-11)6(12-4)7(8,9)10/h2,11H,3H2,1H3. The number of aryl methyl sites for hydroxylation is 1. The molecule has 0 spiro atoms. The predicted octanol–water partition coefficient (Wildman–Crippen LogP) is 2.10. The van der Waals surface area contributed by atoms with Gasteiger partial charge in [-0.3, -0.25) is 0 Å². The molecule has 0 aliphatic heterocycles. The van der Waals surface area contributed by atoms with E-state index in [-0.39, 0.29) is 11.3 Å². The average molecular weight is 180 g/mol. The van der Waals surface area contributed by atoms with Crippen molar-refractivity contribution in [1.82, 2.24) is 0 Å². The van der Waals surface area contributed by atoms with E-state index in [2.05, 4.69) is 4.42 Å². The van der Waals surface area contributed by atoms with Crippen LogP contribution in [0.2, 0.25) is 0 Å². The molecule has 2 nitrogen and oxygen atoms in total. The van der Waals surface area contributed by atoms with Gasteiger partial charge in [-0.1, -0.05) is 0 Å². The van der Waals surface area contributed by atoms with Gasteiger partial charge in [0.05, 0.1) is 6.61 Å². The fourth-order valence-corrected chi connectivity index (χ4v) is 0.924. The molecule has 0 aliphatic rings. The summed E-state index contributed by atoms with van der Waals surface area (Å²) in [4.78, 5) is 0. The molecule has 1 rings (SSSR count). The summed E-state index contributed by atoms with van der Waals surface area (Å²) < 4.78 is 40.5. The second kappa shape index (κ2) is 2.82. The molecule has 0 unspecified atom stereocenters. The Hall–Kier alpha value is -0.970. The first-order chi connectivity index (χ1) is 5.45. The number of halogens is 3. The van der Waals surface area contributed by atoms with Crippen molar-refractivity contribution >= 4 is 0 Å². The average Bonchev–Trinajstić information content (AvgIpc) is 2.29. The maximum Gasteiger partial charge on any atom is 0.449 e. The monoisotopic (exact) mass is 180 g/mol. The van der Waals surface area contributed by atoms with Crippen molar-refractivity contribution in [1.29, 1.82) is 0 Å². The van der Waals surface area contributed by atoms with Crippen LogP contribution >= 0.6 is 0 Å². The highest BCUT2D eigenvalue weighted by molar-refractivity contribution is 5.22. The van der Waals surface area contributed by atoms with E-state index in [4.69, 9.17) is 5.11 Å². The van der Waals surface area contributed by atoms with Crippen LogP contribution in [0.15, 0.2) is 10.5 Å². The van der Waals surface area contributed by atoms with E-state index >= 15 is 0 Å². The molecule has 0 aromatic carbocycles. The molecule has 1 aromatic heterocycles. The minimum Gasteiger partial charge on any atom is -0.456 e. The molecule has 1 aromatic rings. The zero-order valence-electron chi connectivity index (χ0n) is 6.27. The lowest BCUT2D eigenvalue weighted by Crippen LogP contribution is -2.06.